The van der Waals surface area contributed by atoms with Gasteiger partial charge in [0.2, 0.25) is 0 Å². The van der Waals surface area contributed by atoms with E-state index in [1.54, 1.807) is 0 Å². The highest BCUT2D eigenvalue weighted by atomic mass is 19.3. The first-order valence-corrected chi connectivity index (χ1v) is 2.49. The summed E-state index contributed by atoms with van der Waals surface area (Å²) in [6.45, 7) is 0. The van der Waals surface area contributed by atoms with E-state index in [0.717, 1.165) is 0 Å². The van der Waals surface area contributed by atoms with Gasteiger partial charge in [0, 0.05) is 0 Å². The largest absolute Gasteiger partial charge is 0.634 e. The normalized spacial score (nSPS) is 35.7. The summed E-state index contributed by atoms with van der Waals surface area (Å²) in [5.74, 6) is -3.55. The number of hydrogen-bond acceptors (Lipinski definition) is 3. The van der Waals surface area contributed by atoms with Gasteiger partial charge in [0.05, 0.1) is 0 Å². The predicted molar refractivity (Wildman–Crippen MR) is 24.9 cm³/mol. The average molecular weight is 156 g/mol. The van der Waals surface area contributed by atoms with Crippen LogP contribution < -0.4 is 0 Å². The first kappa shape index (κ1) is 7.84. The second kappa shape index (κ2) is 2.11. The molecule has 0 spiro atoms. The van der Waals surface area contributed by atoms with Crippen molar-refractivity contribution in [3.05, 3.63) is 0 Å². The van der Waals surface area contributed by atoms with E-state index in [1.165, 1.54) is 0 Å². The maximum Gasteiger partial charge on any atom is 0.634 e. The molecule has 2 unspecified atom stereocenters. The lowest BCUT2D eigenvalue weighted by molar-refractivity contribution is 0.0410. The van der Waals surface area contributed by atoms with Crippen LogP contribution >= 0.6 is 0 Å². The van der Waals surface area contributed by atoms with Gasteiger partial charge in [-0.25, -0.2) is 13.2 Å². The van der Waals surface area contributed by atoms with E-state index in [-0.39, 0.29) is 0 Å². The molecule has 0 radical (unpaired) electrons. The molecule has 1 fully saturated rings. The zero-order valence-electron chi connectivity index (χ0n) is 4.67. The SMILES string of the molecule is OB(O)OC1C(F)C1(F)F. The molecule has 0 aromatic carbocycles. The Morgan fingerprint density at radius 2 is 1.80 bits per heavy atom. The minimum Gasteiger partial charge on any atom is -0.402 e. The molecule has 58 valence electrons. The molecular formula is C3H4BF3O3. The summed E-state index contributed by atoms with van der Waals surface area (Å²) in [7, 11) is -2.34. The Balaban J connectivity index is 2.35. The maximum atomic E-state index is 11.8. The van der Waals surface area contributed by atoms with Gasteiger partial charge in [-0.1, -0.05) is 0 Å². The Bertz CT molecular complexity index is 141. The average Bonchev–Trinajstić information content (AvgIpc) is 2.17. The summed E-state index contributed by atoms with van der Waals surface area (Å²) >= 11 is 0. The van der Waals surface area contributed by atoms with Crippen LogP contribution in [0.4, 0.5) is 13.2 Å². The summed E-state index contributed by atoms with van der Waals surface area (Å²) in [5, 5.41) is 15.9. The Kier molecular flexibility index (Phi) is 1.65. The molecule has 0 aromatic heterocycles. The van der Waals surface area contributed by atoms with Gasteiger partial charge >= 0.3 is 13.2 Å². The quantitative estimate of drug-likeness (QED) is 0.521. The van der Waals surface area contributed by atoms with Crippen molar-refractivity contribution in [1.29, 1.82) is 0 Å². The van der Waals surface area contributed by atoms with Crippen molar-refractivity contribution in [2.24, 2.45) is 0 Å². The molecule has 2 atom stereocenters. The minimum atomic E-state index is -3.55. The molecule has 1 rings (SSSR count). The van der Waals surface area contributed by atoms with Crippen LogP contribution in [-0.4, -0.2) is 35.6 Å². The van der Waals surface area contributed by atoms with Crippen molar-refractivity contribution in [3.8, 4) is 0 Å². The number of alkyl halides is 3. The fraction of sp³-hybridized carbons (Fsp3) is 1.00. The highest BCUT2D eigenvalue weighted by Crippen LogP contribution is 2.47. The summed E-state index contributed by atoms with van der Waals surface area (Å²) < 4.78 is 39.1. The van der Waals surface area contributed by atoms with Gasteiger partial charge < -0.3 is 14.7 Å². The second-order valence-corrected chi connectivity index (χ2v) is 1.96. The van der Waals surface area contributed by atoms with Crippen LogP contribution in [0.2, 0.25) is 0 Å². The van der Waals surface area contributed by atoms with E-state index in [9.17, 15) is 13.2 Å². The van der Waals surface area contributed by atoms with Gasteiger partial charge in [-0.2, -0.15) is 0 Å². The zero-order valence-corrected chi connectivity index (χ0v) is 4.67. The van der Waals surface area contributed by atoms with Gasteiger partial charge in [-0.15, -0.1) is 0 Å². The zero-order chi connectivity index (χ0) is 7.94. The van der Waals surface area contributed by atoms with E-state index in [0.29, 0.717) is 0 Å². The third-order valence-corrected chi connectivity index (χ3v) is 1.17. The summed E-state index contributed by atoms with van der Waals surface area (Å²) in [6.07, 6.45) is -4.40. The molecule has 0 amide bonds. The minimum absolute atomic E-state index is 1.99. The molecule has 0 heterocycles. The Morgan fingerprint density at radius 3 is 1.90 bits per heavy atom. The molecule has 1 aliphatic carbocycles. The topological polar surface area (TPSA) is 49.7 Å². The molecule has 1 saturated carbocycles. The van der Waals surface area contributed by atoms with Crippen LogP contribution in [0.15, 0.2) is 0 Å². The molecular weight excluding hydrogens is 152 g/mol. The first-order valence-electron chi connectivity index (χ1n) is 2.49. The lowest BCUT2D eigenvalue weighted by Crippen LogP contribution is -2.21. The van der Waals surface area contributed by atoms with Gasteiger partial charge in [-0.3, -0.25) is 0 Å². The standard InChI is InChI=1S/C3H4BF3O3/c5-1-2(3(1,6)7)10-4(8)9/h1-2,8-9H. The lowest BCUT2D eigenvalue weighted by Gasteiger charge is -1.96. The van der Waals surface area contributed by atoms with E-state index in [2.05, 4.69) is 4.65 Å². The Labute approximate surface area is 54.6 Å². The molecule has 1 aliphatic rings. The van der Waals surface area contributed by atoms with Crippen molar-refractivity contribution >= 4 is 7.32 Å². The fourth-order valence-corrected chi connectivity index (χ4v) is 0.554. The third kappa shape index (κ3) is 1.12. The number of halogens is 3. The Morgan fingerprint density at radius 1 is 1.40 bits per heavy atom. The van der Waals surface area contributed by atoms with Crippen LogP contribution in [0.5, 0.6) is 0 Å². The van der Waals surface area contributed by atoms with Crippen LogP contribution in [-0.2, 0) is 4.65 Å². The van der Waals surface area contributed by atoms with E-state index in [1.807, 2.05) is 0 Å². The lowest BCUT2D eigenvalue weighted by atomic mass is 10.3. The molecule has 3 nitrogen and oxygen atoms in total. The molecule has 0 aliphatic heterocycles. The summed E-state index contributed by atoms with van der Waals surface area (Å²) in [5.41, 5.74) is 0. The number of rotatable bonds is 2. The van der Waals surface area contributed by atoms with Crippen LogP contribution in [0.25, 0.3) is 0 Å². The number of hydrogen-bond donors (Lipinski definition) is 2. The van der Waals surface area contributed by atoms with Crippen LogP contribution in [0.1, 0.15) is 0 Å². The van der Waals surface area contributed by atoms with Crippen molar-refractivity contribution in [1.82, 2.24) is 0 Å². The van der Waals surface area contributed by atoms with Gasteiger partial charge in [-0.05, 0) is 0 Å². The van der Waals surface area contributed by atoms with E-state index >= 15 is 0 Å². The van der Waals surface area contributed by atoms with Crippen molar-refractivity contribution < 1.29 is 27.9 Å². The predicted octanol–water partition coefficient (Wildman–Crippen LogP) is -0.672. The molecule has 7 heteroatoms. The van der Waals surface area contributed by atoms with Crippen molar-refractivity contribution in [2.45, 2.75) is 18.2 Å². The maximum absolute atomic E-state index is 11.8. The van der Waals surface area contributed by atoms with Crippen LogP contribution in [0, 0.1) is 0 Å². The van der Waals surface area contributed by atoms with Crippen LogP contribution in [0.3, 0.4) is 0 Å². The molecule has 2 N–H and O–H groups in total. The van der Waals surface area contributed by atoms with E-state index < -0.39 is 25.5 Å². The third-order valence-electron chi connectivity index (χ3n) is 1.17. The van der Waals surface area contributed by atoms with Gasteiger partial charge in [0.1, 0.15) is 6.10 Å². The fourth-order valence-electron chi connectivity index (χ4n) is 0.554. The van der Waals surface area contributed by atoms with Gasteiger partial charge in [0.15, 0.2) is 6.17 Å². The van der Waals surface area contributed by atoms with Crippen molar-refractivity contribution in [2.75, 3.05) is 0 Å². The summed E-state index contributed by atoms with van der Waals surface area (Å²) in [6, 6.07) is 0. The smallest absolute Gasteiger partial charge is 0.402 e. The molecule has 0 aromatic rings. The summed E-state index contributed by atoms with van der Waals surface area (Å²) in [4.78, 5) is 0. The monoisotopic (exact) mass is 156 g/mol. The highest BCUT2D eigenvalue weighted by Gasteiger charge is 2.72. The van der Waals surface area contributed by atoms with E-state index in [4.69, 9.17) is 10.0 Å². The molecule has 10 heavy (non-hydrogen) atoms. The molecule has 0 bridgehead atoms. The first-order chi connectivity index (χ1) is 4.46. The highest BCUT2D eigenvalue weighted by molar-refractivity contribution is 6.32. The Hall–Kier alpha value is -0.265. The van der Waals surface area contributed by atoms with Gasteiger partial charge in [0.25, 0.3) is 0 Å². The van der Waals surface area contributed by atoms with Crippen molar-refractivity contribution in [3.63, 3.8) is 0 Å². The molecule has 0 saturated heterocycles. The second-order valence-electron chi connectivity index (χ2n) is 1.96.